The number of hydrogen-bond donors (Lipinski definition) is 0. The van der Waals surface area contributed by atoms with Crippen LogP contribution in [0, 0.1) is 5.92 Å². The lowest BCUT2D eigenvalue weighted by molar-refractivity contribution is 0.121. The maximum Gasteiger partial charge on any atom is 0.228 e. The van der Waals surface area contributed by atoms with Gasteiger partial charge in [0, 0.05) is 25.4 Å². The van der Waals surface area contributed by atoms with Gasteiger partial charge >= 0.3 is 0 Å². The second-order valence-electron chi connectivity index (χ2n) is 6.83. The summed E-state index contributed by atoms with van der Waals surface area (Å²) in [6, 6.07) is 8.27. The monoisotopic (exact) mass is 376 g/mol. The van der Waals surface area contributed by atoms with Crippen LogP contribution >= 0.6 is 11.8 Å². The summed E-state index contributed by atoms with van der Waals surface area (Å²) in [5.41, 5.74) is 1.31. The number of rotatable bonds is 8. The fourth-order valence-corrected chi connectivity index (χ4v) is 3.89. The van der Waals surface area contributed by atoms with Crippen molar-refractivity contribution in [1.82, 2.24) is 14.8 Å². The van der Waals surface area contributed by atoms with Crippen LogP contribution in [-0.2, 0) is 17.7 Å². The first-order valence-electron chi connectivity index (χ1n) is 9.19. The highest BCUT2D eigenvalue weighted by Gasteiger charge is 2.21. The topological polar surface area (TPSA) is 52.4 Å². The second-order valence-corrected chi connectivity index (χ2v) is 7.90. The molecule has 2 aromatic rings. The third-order valence-electron chi connectivity index (χ3n) is 4.32. The highest BCUT2D eigenvalue weighted by molar-refractivity contribution is 7.99. The van der Waals surface area contributed by atoms with E-state index >= 15 is 0 Å². The lowest BCUT2D eigenvalue weighted by Gasteiger charge is -2.28. The molecule has 0 atom stereocenters. The zero-order valence-corrected chi connectivity index (χ0v) is 16.7. The number of nitrogens with zero attached hydrogens (tertiary/aromatic N) is 4. The second kappa shape index (κ2) is 9.28. The Morgan fingerprint density at radius 1 is 1.15 bits per heavy atom. The van der Waals surface area contributed by atoms with Gasteiger partial charge < -0.3 is 14.4 Å². The van der Waals surface area contributed by atoms with E-state index in [9.17, 15) is 0 Å². The van der Waals surface area contributed by atoms with Gasteiger partial charge in [0.2, 0.25) is 5.95 Å². The van der Waals surface area contributed by atoms with E-state index in [4.69, 9.17) is 9.47 Å². The molecule has 0 unspecified atom stereocenters. The maximum absolute atomic E-state index is 5.47. The van der Waals surface area contributed by atoms with Crippen LogP contribution in [-0.4, -0.2) is 53.9 Å². The van der Waals surface area contributed by atoms with Gasteiger partial charge in [0.25, 0.3) is 0 Å². The van der Waals surface area contributed by atoms with Gasteiger partial charge in [0.1, 0.15) is 5.75 Å². The van der Waals surface area contributed by atoms with Crippen LogP contribution in [0.1, 0.15) is 19.4 Å². The molecular formula is C19H28N4O2S. The number of morpholine rings is 1. The summed E-state index contributed by atoms with van der Waals surface area (Å²) < 4.78 is 13.0. The summed E-state index contributed by atoms with van der Waals surface area (Å²) in [5, 5.41) is 9.97. The normalized spacial score (nSPS) is 14.8. The molecule has 1 aliphatic rings. The molecule has 142 valence electrons. The highest BCUT2D eigenvalue weighted by atomic mass is 32.2. The summed E-state index contributed by atoms with van der Waals surface area (Å²) in [5.74, 6) is 3.40. The smallest absolute Gasteiger partial charge is 0.228 e. The minimum absolute atomic E-state index is 0.548. The average Bonchev–Trinajstić information content (AvgIpc) is 3.05. The van der Waals surface area contributed by atoms with E-state index in [1.165, 1.54) is 5.56 Å². The first-order valence-corrected chi connectivity index (χ1v) is 10.2. The van der Waals surface area contributed by atoms with Crippen molar-refractivity contribution in [3.63, 3.8) is 0 Å². The SMILES string of the molecule is COc1ccc(CCSc2nnc(N3CCOCC3)n2CC(C)C)cc1. The van der Waals surface area contributed by atoms with E-state index in [1.807, 2.05) is 12.1 Å². The molecule has 26 heavy (non-hydrogen) atoms. The van der Waals surface area contributed by atoms with Gasteiger partial charge in [-0.2, -0.15) is 0 Å². The molecule has 1 fully saturated rings. The van der Waals surface area contributed by atoms with Gasteiger partial charge in [-0.25, -0.2) is 0 Å². The molecule has 0 radical (unpaired) electrons. The Balaban J connectivity index is 1.64. The van der Waals surface area contributed by atoms with Crippen molar-refractivity contribution in [2.45, 2.75) is 32.0 Å². The van der Waals surface area contributed by atoms with Gasteiger partial charge in [-0.3, -0.25) is 4.57 Å². The van der Waals surface area contributed by atoms with Crippen LogP contribution in [0.15, 0.2) is 29.4 Å². The van der Waals surface area contributed by atoms with Crippen molar-refractivity contribution >= 4 is 17.7 Å². The van der Waals surface area contributed by atoms with Gasteiger partial charge in [-0.15, -0.1) is 10.2 Å². The van der Waals surface area contributed by atoms with Gasteiger partial charge in [-0.05, 0) is 30.0 Å². The van der Waals surface area contributed by atoms with E-state index < -0.39 is 0 Å². The molecule has 2 heterocycles. The molecule has 0 aliphatic carbocycles. The lowest BCUT2D eigenvalue weighted by atomic mass is 10.2. The summed E-state index contributed by atoms with van der Waals surface area (Å²) in [6.07, 6.45) is 0.996. The Bertz CT molecular complexity index is 681. The van der Waals surface area contributed by atoms with Crippen molar-refractivity contribution in [2.75, 3.05) is 44.1 Å². The van der Waals surface area contributed by atoms with Crippen molar-refractivity contribution < 1.29 is 9.47 Å². The molecule has 7 heteroatoms. The minimum Gasteiger partial charge on any atom is -0.497 e. The number of benzene rings is 1. The van der Waals surface area contributed by atoms with Gasteiger partial charge in [0.15, 0.2) is 5.16 Å². The van der Waals surface area contributed by atoms with E-state index in [-0.39, 0.29) is 0 Å². The Morgan fingerprint density at radius 2 is 1.88 bits per heavy atom. The number of aromatic nitrogens is 3. The number of ether oxygens (including phenoxy) is 2. The molecule has 0 N–H and O–H groups in total. The Hall–Kier alpha value is -1.73. The Labute approximate surface area is 159 Å². The standard InChI is InChI=1S/C19H28N4O2S/c1-15(2)14-23-18(22-9-11-25-12-10-22)20-21-19(23)26-13-8-16-4-6-17(24-3)7-5-16/h4-7,15H,8-14H2,1-3H3. The molecule has 3 rings (SSSR count). The number of thioether (sulfide) groups is 1. The van der Waals surface area contributed by atoms with Crippen LogP contribution in [0.3, 0.4) is 0 Å². The van der Waals surface area contributed by atoms with Gasteiger partial charge in [-0.1, -0.05) is 37.7 Å². The molecule has 1 aromatic heterocycles. The highest BCUT2D eigenvalue weighted by Crippen LogP contribution is 2.25. The molecule has 1 saturated heterocycles. The zero-order valence-electron chi connectivity index (χ0n) is 15.9. The fourth-order valence-electron chi connectivity index (χ4n) is 2.96. The molecule has 0 spiro atoms. The minimum atomic E-state index is 0.548. The van der Waals surface area contributed by atoms with Crippen LogP contribution in [0.5, 0.6) is 5.75 Å². The largest absolute Gasteiger partial charge is 0.497 e. The van der Waals surface area contributed by atoms with E-state index in [0.717, 1.165) is 61.9 Å². The van der Waals surface area contributed by atoms with Crippen molar-refractivity contribution in [1.29, 1.82) is 0 Å². The number of anilines is 1. The summed E-state index contributed by atoms with van der Waals surface area (Å²) in [6.45, 7) is 8.68. The third-order valence-corrected chi connectivity index (χ3v) is 5.29. The predicted molar refractivity (Wildman–Crippen MR) is 105 cm³/mol. The Morgan fingerprint density at radius 3 is 2.54 bits per heavy atom. The molecule has 6 nitrogen and oxygen atoms in total. The predicted octanol–water partition coefficient (Wildman–Crippen LogP) is 3.11. The zero-order chi connectivity index (χ0) is 18.4. The van der Waals surface area contributed by atoms with Crippen LogP contribution in [0.25, 0.3) is 0 Å². The van der Waals surface area contributed by atoms with Crippen LogP contribution in [0.2, 0.25) is 0 Å². The van der Waals surface area contributed by atoms with E-state index in [2.05, 4.69) is 45.6 Å². The molecular weight excluding hydrogens is 348 g/mol. The molecule has 0 bridgehead atoms. The van der Waals surface area contributed by atoms with Crippen LogP contribution < -0.4 is 9.64 Å². The summed E-state index contributed by atoms with van der Waals surface area (Å²) in [7, 11) is 1.69. The van der Waals surface area contributed by atoms with E-state index in [1.54, 1.807) is 18.9 Å². The first-order chi connectivity index (χ1) is 12.7. The third kappa shape index (κ3) is 4.92. The van der Waals surface area contributed by atoms with Crippen molar-refractivity contribution in [3.8, 4) is 5.75 Å². The van der Waals surface area contributed by atoms with Crippen LogP contribution in [0.4, 0.5) is 5.95 Å². The molecule has 1 aromatic carbocycles. The number of hydrogen-bond acceptors (Lipinski definition) is 6. The molecule has 0 amide bonds. The Kier molecular flexibility index (Phi) is 6.80. The quantitative estimate of drug-likeness (QED) is 0.660. The number of methoxy groups -OCH3 is 1. The fraction of sp³-hybridized carbons (Fsp3) is 0.579. The maximum atomic E-state index is 5.47. The van der Waals surface area contributed by atoms with Crippen molar-refractivity contribution in [2.24, 2.45) is 5.92 Å². The first kappa shape index (κ1) is 19.0. The average molecular weight is 377 g/mol. The number of aryl methyl sites for hydroxylation is 1. The molecule has 1 aliphatic heterocycles. The summed E-state index contributed by atoms with van der Waals surface area (Å²) in [4.78, 5) is 2.28. The molecule has 0 saturated carbocycles. The van der Waals surface area contributed by atoms with E-state index in [0.29, 0.717) is 5.92 Å². The van der Waals surface area contributed by atoms with Gasteiger partial charge in [0.05, 0.1) is 20.3 Å². The lowest BCUT2D eigenvalue weighted by Crippen LogP contribution is -2.38. The van der Waals surface area contributed by atoms with Crippen molar-refractivity contribution in [3.05, 3.63) is 29.8 Å². The summed E-state index contributed by atoms with van der Waals surface area (Å²) >= 11 is 1.78.